The van der Waals surface area contributed by atoms with Crippen LogP contribution in [0.2, 0.25) is 0 Å². The maximum absolute atomic E-state index is 8.73. The first-order valence-corrected chi connectivity index (χ1v) is 5.49. The average molecular weight is 196 g/mol. The van der Waals surface area contributed by atoms with Crippen LogP contribution >= 0.6 is 0 Å². The van der Waals surface area contributed by atoms with Crippen LogP contribution in [0.1, 0.15) is 26.7 Å². The van der Waals surface area contributed by atoms with E-state index in [0.29, 0.717) is 6.10 Å². The lowest BCUT2D eigenvalue weighted by Crippen LogP contribution is -2.35. The third-order valence-electron chi connectivity index (χ3n) is 2.69. The highest BCUT2D eigenvalue weighted by atomic mass is 16.5. The Morgan fingerprint density at radius 3 is 2.93 bits per heavy atom. The first-order valence-electron chi connectivity index (χ1n) is 5.49. The number of nitriles is 1. The van der Waals surface area contributed by atoms with Gasteiger partial charge in [0.1, 0.15) is 0 Å². The fraction of sp³-hybridized carbons (Fsp3) is 0.909. The fourth-order valence-corrected chi connectivity index (χ4v) is 1.84. The predicted octanol–water partition coefficient (Wildman–Crippen LogP) is 1.65. The van der Waals surface area contributed by atoms with Crippen molar-refractivity contribution >= 4 is 0 Å². The van der Waals surface area contributed by atoms with E-state index in [1.807, 2.05) is 6.92 Å². The molecule has 0 aromatic carbocycles. The van der Waals surface area contributed by atoms with Gasteiger partial charge in [0.25, 0.3) is 0 Å². The standard InChI is InChI=1S/C11H20N2O/c1-3-13(8-10(2)7-12)9-11-5-4-6-14-11/h10-11H,3-6,8-9H2,1-2H3. The number of rotatable bonds is 5. The van der Waals surface area contributed by atoms with Gasteiger partial charge < -0.3 is 4.74 Å². The maximum atomic E-state index is 8.73. The molecule has 0 bridgehead atoms. The lowest BCUT2D eigenvalue weighted by Gasteiger charge is -2.24. The molecule has 0 radical (unpaired) electrons. The second-order valence-corrected chi connectivity index (χ2v) is 4.02. The molecule has 0 aromatic rings. The third-order valence-corrected chi connectivity index (χ3v) is 2.69. The summed E-state index contributed by atoms with van der Waals surface area (Å²) in [6, 6.07) is 2.27. The Morgan fingerprint density at radius 1 is 1.64 bits per heavy atom. The number of nitrogens with zero attached hydrogens (tertiary/aromatic N) is 2. The highest BCUT2D eigenvalue weighted by Gasteiger charge is 2.19. The van der Waals surface area contributed by atoms with Crippen LogP contribution in [-0.4, -0.2) is 37.2 Å². The molecule has 1 saturated heterocycles. The van der Waals surface area contributed by atoms with Gasteiger partial charge in [-0.15, -0.1) is 0 Å². The van der Waals surface area contributed by atoms with Gasteiger partial charge in [0.2, 0.25) is 0 Å². The van der Waals surface area contributed by atoms with E-state index in [1.165, 1.54) is 12.8 Å². The minimum absolute atomic E-state index is 0.122. The molecule has 2 atom stereocenters. The topological polar surface area (TPSA) is 36.3 Å². The molecule has 1 rings (SSSR count). The summed E-state index contributed by atoms with van der Waals surface area (Å²) in [6.07, 6.45) is 2.77. The van der Waals surface area contributed by atoms with E-state index in [0.717, 1.165) is 26.2 Å². The number of ether oxygens (including phenoxy) is 1. The summed E-state index contributed by atoms with van der Waals surface area (Å²) in [5.74, 6) is 0.122. The lowest BCUT2D eigenvalue weighted by atomic mass is 10.1. The highest BCUT2D eigenvalue weighted by molar-refractivity contribution is 4.82. The van der Waals surface area contributed by atoms with E-state index >= 15 is 0 Å². The van der Waals surface area contributed by atoms with Crippen LogP contribution in [0.15, 0.2) is 0 Å². The van der Waals surface area contributed by atoms with Crippen molar-refractivity contribution in [3.05, 3.63) is 0 Å². The van der Waals surface area contributed by atoms with Crippen molar-refractivity contribution in [3.63, 3.8) is 0 Å². The molecule has 0 saturated carbocycles. The molecule has 80 valence electrons. The Kier molecular flexibility index (Phi) is 4.92. The molecule has 1 fully saturated rings. The summed E-state index contributed by atoms with van der Waals surface area (Å²) in [4.78, 5) is 2.31. The van der Waals surface area contributed by atoms with Gasteiger partial charge in [0.15, 0.2) is 0 Å². The molecule has 3 nitrogen and oxygen atoms in total. The quantitative estimate of drug-likeness (QED) is 0.670. The third kappa shape index (κ3) is 3.65. The number of hydrogen-bond donors (Lipinski definition) is 0. The molecular weight excluding hydrogens is 176 g/mol. The van der Waals surface area contributed by atoms with E-state index in [9.17, 15) is 0 Å². The molecule has 3 heteroatoms. The van der Waals surface area contributed by atoms with Gasteiger partial charge >= 0.3 is 0 Å². The summed E-state index contributed by atoms with van der Waals surface area (Å²) < 4.78 is 5.58. The van der Waals surface area contributed by atoms with Crippen LogP contribution in [0.25, 0.3) is 0 Å². The van der Waals surface area contributed by atoms with Crippen molar-refractivity contribution in [2.45, 2.75) is 32.8 Å². The van der Waals surface area contributed by atoms with Crippen molar-refractivity contribution in [2.24, 2.45) is 5.92 Å². The van der Waals surface area contributed by atoms with E-state index in [1.54, 1.807) is 0 Å². The number of hydrogen-bond acceptors (Lipinski definition) is 3. The Bertz CT molecular complexity index is 194. The van der Waals surface area contributed by atoms with Crippen LogP contribution in [0.3, 0.4) is 0 Å². The second kappa shape index (κ2) is 6.00. The highest BCUT2D eigenvalue weighted by Crippen LogP contribution is 2.13. The molecule has 2 unspecified atom stereocenters. The zero-order valence-electron chi connectivity index (χ0n) is 9.20. The molecule has 14 heavy (non-hydrogen) atoms. The number of likely N-dealkylation sites (N-methyl/N-ethyl adjacent to an activating group) is 1. The van der Waals surface area contributed by atoms with Crippen LogP contribution in [0, 0.1) is 17.2 Å². The maximum Gasteiger partial charge on any atom is 0.0702 e. The summed E-state index contributed by atoms with van der Waals surface area (Å²) >= 11 is 0. The Morgan fingerprint density at radius 2 is 2.43 bits per heavy atom. The normalized spacial score (nSPS) is 23.7. The molecule has 0 amide bonds. The summed E-state index contributed by atoms with van der Waals surface area (Å²) in [6.45, 7) is 7.88. The second-order valence-electron chi connectivity index (χ2n) is 4.02. The van der Waals surface area contributed by atoms with Gasteiger partial charge in [-0.2, -0.15) is 5.26 Å². The van der Waals surface area contributed by atoms with Crippen molar-refractivity contribution in [1.29, 1.82) is 5.26 Å². The van der Waals surface area contributed by atoms with Crippen molar-refractivity contribution in [1.82, 2.24) is 4.90 Å². The monoisotopic (exact) mass is 196 g/mol. The van der Waals surface area contributed by atoms with Crippen LogP contribution in [0.4, 0.5) is 0 Å². The van der Waals surface area contributed by atoms with Gasteiger partial charge in [-0.05, 0) is 26.3 Å². The van der Waals surface area contributed by atoms with E-state index in [2.05, 4.69) is 17.9 Å². The average Bonchev–Trinajstić information content (AvgIpc) is 2.69. The van der Waals surface area contributed by atoms with Gasteiger partial charge in [0, 0.05) is 19.7 Å². The summed E-state index contributed by atoms with van der Waals surface area (Å²) in [7, 11) is 0. The molecule has 0 spiro atoms. The lowest BCUT2D eigenvalue weighted by molar-refractivity contribution is 0.0725. The van der Waals surface area contributed by atoms with Gasteiger partial charge in [-0.1, -0.05) is 6.92 Å². The molecule has 0 N–H and O–H groups in total. The van der Waals surface area contributed by atoms with Crippen LogP contribution in [0.5, 0.6) is 0 Å². The van der Waals surface area contributed by atoms with Gasteiger partial charge in [0.05, 0.1) is 18.1 Å². The molecule has 1 heterocycles. The Hall–Kier alpha value is -0.590. The first-order chi connectivity index (χ1) is 6.76. The summed E-state index contributed by atoms with van der Waals surface area (Å²) in [5.41, 5.74) is 0. The van der Waals surface area contributed by atoms with E-state index in [-0.39, 0.29) is 5.92 Å². The molecular formula is C11H20N2O. The smallest absolute Gasteiger partial charge is 0.0702 e. The Balaban J connectivity index is 2.27. The van der Waals surface area contributed by atoms with E-state index < -0.39 is 0 Å². The molecule has 0 aliphatic carbocycles. The zero-order valence-corrected chi connectivity index (χ0v) is 9.20. The van der Waals surface area contributed by atoms with Crippen molar-refractivity contribution < 1.29 is 4.74 Å². The SMILES string of the molecule is CCN(CC(C)C#N)CC1CCCO1. The van der Waals surface area contributed by atoms with Crippen molar-refractivity contribution in [3.8, 4) is 6.07 Å². The fourth-order valence-electron chi connectivity index (χ4n) is 1.84. The van der Waals surface area contributed by atoms with Crippen molar-refractivity contribution in [2.75, 3.05) is 26.2 Å². The predicted molar refractivity (Wildman–Crippen MR) is 55.9 cm³/mol. The zero-order chi connectivity index (χ0) is 10.4. The summed E-state index contributed by atoms with van der Waals surface area (Å²) in [5, 5.41) is 8.73. The minimum atomic E-state index is 0.122. The van der Waals surface area contributed by atoms with Gasteiger partial charge in [-0.3, -0.25) is 4.90 Å². The Labute approximate surface area is 86.6 Å². The first kappa shape index (κ1) is 11.5. The minimum Gasteiger partial charge on any atom is -0.377 e. The van der Waals surface area contributed by atoms with Crippen LogP contribution in [-0.2, 0) is 4.74 Å². The molecule has 1 aliphatic rings. The largest absolute Gasteiger partial charge is 0.377 e. The molecule has 0 aromatic heterocycles. The van der Waals surface area contributed by atoms with Crippen LogP contribution < -0.4 is 0 Å². The molecule has 1 aliphatic heterocycles. The van der Waals surface area contributed by atoms with E-state index in [4.69, 9.17) is 10.00 Å². The van der Waals surface area contributed by atoms with Gasteiger partial charge in [-0.25, -0.2) is 0 Å².